The van der Waals surface area contributed by atoms with Crippen LogP contribution in [-0.2, 0) is 0 Å². The van der Waals surface area contributed by atoms with Gasteiger partial charge in [0.05, 0.1) is 11.5 Å². The van der Waals surface area contributed by atoms with Crippen LogP contribution in [0.25, 0.3) is 0 Å². The first-order valence-corrected chi connectivity index (χ1v) is 5.04. The monoisotopic (exact) mass is 240 g/mol. The van der Waals surface area contributed by atoms with Gasteiger partial charge < -0.3 is 10.6 Å². The van der Waals surface area contributed by atoms with Gasteiger partial charge in [0.1, 0.15) is 5.69 Å². The van der Waals surface area contributed by atoms with Crippen molar-refractivity contribution in [3.63, 3.8) is 0 Å². The predicted molar refractivity (Wildman–Crippen MR) is 62.0 cm³/mol. The minimum atomic E-state index is -0.464. The molecular weight excluding hydrogens is 232 g/mol. The molecular formula is C9H9ClN4O2. The van der Waals surface area contributed by atoms with Gasteiger partial charge in [0.25, 0.3) is 5.69 Å². The van der Waals surface area contributed by atoms with Crippen LogP contribution in [0.2, 0.25) is 5.02 Å². The second-order valence-corrected chi connectivity index (χ2v) is 3.64. The van der Waals surface area contributed by atoms with Crippen LogP contribution in [0.15, 0.2) is 23.2 Å². The Hall–Kier alpha value is -1.82. The van der Waals surface area contributed by atoms with Crippen molar-refractivity contribution >= 4 is 28.9 Å². The number of halogens is 1. The summed E-state index contributed by atoms with van der Waals surface area (Å²) in [5.74, 6) is 0.533. The fourth-order valence-electron chi connectivity index (χ4n) is 1.38. The molecule has 0 amide bonds. The van der Waals surface area contributed by atoms with E-state index in [0.717, 1.165) is 6.54 Å². The standard InChI is InChI=1S/C9H9ClN4O2/c10-6-1-2-8(14(15)16)7(5-6)13-9-11-3-4-12-9/h1-2,5H,3-4H2,(H2,11,12,13). The summed E-state index contributed by atoms with van der Waals surface area (Å²) in [7, 11) is 0. The molecule has 0 saturated heterocycles. The highest BCUT2D eigenvalue weighted by Crippen LogP contribution is 2.27. The van der Waals surface area contributed by atoms with Gasteiger partial charge in [-0.1, -0.05) is 11.6 Å². The number of benzene rings is 1. The van der Waals surface area contributed by atoms with Crippen molar-refractivity contribution in [1.82, 2.24) is 5.32 Å². The molecule has 2 N–H and O–H groups in total. The maximum Gasteiger partial charge on any atom is 0.292 e. The molecule has 0 fully saturated rings. The lowest BCUT2D eigenvalue weighted by atomic mass is 10.2. The summed E-state index contributed by atoms with van der Waals surface area (Å²) >= 11 is 5.78. The Balaban J connectivity index is 2.30. The number of rotatable bonds is 2. The molecule has 0 aromatic heterocycles. The van der Waals surface area contributed by atoms with E-state index in [4.69, 9.17) is 11.6 Å². The molecule has 0 radical (unpaired) electrons. The average Bonchev–Trinajstić information content (AvgIpc) is 2.70. The number of guanidine groups is 1. The maximum atomic E-state index is 10.8. The summed E-state index contributed by atoms with van der Waals surface area (Å²) in [6.07, 6.45) is 0. The van der Waals surface area contributed by atoms with Gasteiger partial charge in [0, 0.05) is 17.6 Å². The number of nitrogens with zero attached hydrogens (tertiary/aromatic N) is 2. The molecule has 0 saturated carbocycles. The van der Waals surface area contributed by atoms with Crippen molar-refractivity contribution in [3.8, 4) is 0 Å². The smallest absolute Gasteiger partial charge is 0.292 e. The first kappa shape index (κ1) is 10.7. The topological polar surface area (TPSA) is 79.6 Å². The van der Waals surface area contributed by atoms with Gasteiger partial charge in [-0.15, -0.1) is 0 Å². The van der Waals surface area contributed by atoms with Crippen LogP contribution in [0.4, 0.5) is 11.4 Å². The molecule has 0 aliphatic carbocycles. The van der Waals surface area contributed by atoms with Crippen LogP contribution < -0.4 is 10.6 Å². The number of nitro benzene ring substituents is 1. The molecule has 6 nitrogen and oxygen atoms in total. The quantitative estimate of drug-likeness (QED) is 0.608. The molecule has 1 heterocycles. The highest BCUT2D eigenvalue weighted by molar-refractivity contribution is 6.31. The van der Waals surface area contributed by atoms with Gasteiger partial charge in [0.2, 0.25) is 0 Å². The fraction of sp³-hybridized carbons (Fsp3) is 0.222. The number of aliphatic imine (C=N–C) groups is 1. The van der Waals surface area contributed by atoms with Crippen molar-refractivity contribution < 1.29 is 4.92 Å². The maximum absolute atomic E-state index is 10.8. The lowest BCUT2D eigenvalue weighted by Gasteiger charge is -2.07. The average molecular weight is 241 g/mol. The molecule has 0 bridgehead atoms. The molecule has 0 spiro atoms. The molecule has 1 aromatic carbocycles. The SMILES string of the molecule is O=[N+]([O-])c1ccc(Cl)cc1NC1=NCCN1. The molecule has 1 aliphatic rings. The van der Waals surface area contributed by atoms with E-state index in [-0.39, 0.29) is 5.69 Å². The predicted octanol–water partition coefficient (Wildman–Crippen LogP) is 1.62. The number of hydrogen-bond acceptors (Lipinski definition) is 5. The molecule has 1 aliphatic heterocycles. The highest BCUT2D eigenvalue weighted by Gasteiger charge is 2.16. The highest BCUT2D eigenvalue weighted by atomic mass is 35.5. The van der Waals surface area contributed by atoms with Crippen molar-refractivity contribution in [2.24, 2.45) is 4.99 Å². The van der Waals surface area contributed by atoms with Crippen LogP contribution in [0.5, 0.6) is 0 Å². The third-order valence-electron chi connectivity index (χ3n) is 2.08. The lowest BCUT2D eigenvalue weighted by molar-refractivity contribution is -0.383. The van der Waals surface area contributed by atoms with Crippen LogP contribution in [0.3, 0.4) is 0 Å². The van der Waals surface area contributed by atoms with E-state index in [2.05, 4.69) is 15.6 Å². The Morgan fingerprint density at radius 1 is 1.56 bits per heavy atom. The second kappa shape index (κ2) is 4.36. The van der Waals surface area contributed by atoms with Gasteiger partial charge in [-0.3, -0.25) is 15.1 Å². The largest absolute Gasteiger partial charge is 0.354 e. The van der Waals surface area contributed by atoms with Gasteiger partial charge in [-0.2, -0.15) is 0 Å². The molecule has 16 heavy (non-hydrogen) atoms. The Labute approximate surface area is 96.5 Å². The molecule has 1 aromatic rings. The summed E-state index contributed by atoms with van der Waals surface area (Å²) in [5, 5.41) is 17.0. The summed E-state index contributed by atoms with van der Waals surface area (Å²) in [4.78, 5) is 14.4. The van der Waals surface area contributed by atoms with E-state index in [1.165, 1.54) is 18.2 Å². The molecule has 0 unspecified atom stereocenters. The van der Waals surface area contributed by atoms with E-state index in [0.29, 0.717) is 23.2 Å². The zero-order chi connectivity index (χ0) is 11.5. The van der Waals surface area contributed by atoms with Gasteiger partial charge in [-0.25, -0.2) is 0 Å². The third-order valence-corrected chi connectivity index (χ3v) is 2.32. The Bertz CT molecular complexity index is 461. The van der Waals surface area contributed by atoms with Gasteiger partial charge in [0.15, 0.2) is 5.96 Å². The first-order chi connectivity index (χ1) is 7.66. The Kier molecular flexibility index (Phi) is 2.91. The minimum absolute atomic E-state index is 0.0270. The number of hydrogen-bond donors (Lipinski definition) is 2. The number of nitro groups is 1. The first-order valence-electron chi connectivity index (χ1n) is 4.66. The van der Waals surface area contributed by atoms with Crippen LogP contribution >= 0.6 is 11.6 Å². The van der Waals surface area contributed by atoms with Gasteiger partial charge in [-0.05, 0) is 12.1 Å². The molecule has 2 rings (SSSR count). The number of nitrogens with one attached hydrogen (secondary N) is 2. The molecule has 7 heteroatoms. The summed E-state index contributed by atoms with van der Waals surface area (Å²) in [6, 6.07) is 4.34. The normalized spacial score (nSPS) is 14.2. The number of anilines is 1. The van der Waals surface area contributed by atoms with Crippen molar-refractivity contribution in [1.29, 1.82) is 0 Å². The van der Waals surface area contributed by atoms with E-state index in [9.17, 15) is 10.1 Å². The van der Waals surface area contributed by atoms with E-state index in [1.807, 2.05) is 0 Å². The lowest BCUT2D eigenvalue weighted by Crippen LogP contribution is -2.26. The fourth-order valence-corrected chi connectivity index (χ4v) is 1.55. The van der Waals surface area contributed by atoms with Gasteiger partial charge >= 0.3 is 0 Å². The zero-order valence-corrected chi connectivity index (χ0v) is 8.99. The molecule has 84 valence electrons. The van der Waals surface area contributed by atoms with E-state index < -0.39 is 4.92 Å². The zero-order valence-electron chi connectivity index (χ0n) is 8.24. The van der Waals surface area contributed by atoms with Crippen LogP contribution in [0.1, 0.15) is 0 Å². The summed E-state index contributed by atoms with van der Waals surface area (Å²) < 4.78 is 0. The van der Waals surface area contributed by atoms with Crippen molar-refractivity contribution in [2.45, 2.75) is 0 Å². The third kappa shape index (κ3) is 2.22. The van der Waals surface area contributed by atoms with Crippen LogP contribution in [-0.4, -0.2) is 24.0 Å². The Morgan fingerprint density at radius 2 is 2.38 bits per heavy atom. The second-order valence-electron chi connectivity index (χ2n) is 3.20. The van der Waals surface area contributed by atoms with E-state index >= 15 is 0 Å². The molecule has 0 atom stereocenters. The summed E-state index contributed by atoms with van der Waals surface area (Å²) in [5.41, 5.74) is 0.312. The van der Waals surface area contributed by atoms with Crippen molar-refractivity contribution in [3.05, 3.63) is 33.3 Å². The van der Waals surface area contributed by atoms with Crippen molar-refractivity contribution in [2.75, 3.05) is 18.4 Å². The summed E-state index contributed by atoms with van der Waals surface area (Å²) in [6.45, 7) is 1.40. The minimum Gasteiger partial charge on any atom is -0.354 e. The Morgan fingerprint density at radius 3 is 3.00 bits per heavy atom. The van der Waals surface area contributed by atoms with Crippen LogP contribution in [0, 0.1) is 10.1 Å². The van der Waals surface area contributed by atoms with E-state index in [1.54, 1.807) is 0 Å².